The summed E-state index contributed by atoms with van der Waals surface area (Å²) in [5.41, 5.74) is 7.71. The number of amides is 2. The zero-order valence-electron chi connectivity index (χ0n) is 18.8. The predicted octanol–water partition coefficient (Wildman–Crippen LogP) is 4.15. The second kappa shape index (κ2) is 10.4. The first-order valence-electron chi connectivity index (χ1n) is 11.2. The van der Waals surface area contributed by atoms with Gasteiger partial charge in [0.05, 0.1) is 5.56 Å². The van der Waals surface area contributed by atoms with Crippen molar-refractivity contribution in [3.05, 3.63) is 77.6 Å². The summed E-state index contributed by atoms with van der Waals surface area (Å²) in [4.78, 5) is 26.6. The molecule has 0 bridgehead atoms. The third-order valence-corrected chi connectivity index (χ3v) is 5.90. The SMILES string of the molecule is Cc1cc(C(N)=O)c(-c2cccc(OC(=O)NC3CCN(CCc4ccccc4)CC3)c2)o1. The van der Waals surface area contributed by atoms with Crippen LogP contribution < -0.4 is 15.8 Å². The molecule has 4 rings (SSSR count). The molecule has 7 heteroatoms. The van der Waals surface area contributed by atoms with E-state index in [4.69, 9.17) is 14.9 Å². The van der Waals surface area contributed by atoms with Crippen LogP contribution in [-0.4, -0.2) is 42.6 Å². The molecule has 0 radical (unpaired) electrons. The molecule has 1 fully saturated rings. The van der Waals surface area contributed by atoms with Gasteiger partial charge >= 0.3 is 6.09 Å². The summed E-state index contributed by atoms with van der Waals surface area (Å²) in [6.07, 6.45) is 2.32. The molecule has 0 unspecified atom stereocenters. The number of aryl methyl sites for hydroxylation is 1. The normalized spacial score (nSPS) is 14.7. The quantitative estimate of drug-likeness (QED) is 0.567. The maximum atomic E-state index is 12.5. The Bertz CT molecular complexity index is 1100. The number of hydrogen-bond acceptors (Lipinski definition) is 5. The van der Waals surface area contributed by atoms with Gasteiger partial charge in [-0.2, -0.15) is 0 Å². The molecule has 1 aliphatic heterocycles. The first kappa shape index (κ1) is 22.6. The number of benzene rings is 2. The van der Waals surface area contributed by atoms with Gasteiger partial charge < -0.3 is 25.1 Å². The molecular formula is C26H29N3O4. The number of carbonyl (C=O) groups is 2. The van der Waals surface area contributed by atoms with Crippen molar-refractivity contribution in [2.45, 2.75) is 32.2 Å². The van der Waals surface area contributed by atoms with Crippen LogP contribution in [0.3, 0.4) is 0 Å². The highest BCUT2D eigenvalue weighted by Crippen LogP contribution is 2.29. The first-order valence-corrected chi connectivity index (χ1v) is 11.2. The van der Waals surface area contributed by atoms with Crippen LogP contribution in [0, 0.1) is 6.92 Å². The number of furan rings is 1. The average molecular weight is 448 g/mol. The van der Waals surface area contributed by atoms with Gasteiger partial charge in [-0.05, 0) is 49.9 Å². The molecule has 1 aromatic heterocycles. The summed E-state index contributed by atoms with van der Waals surface area (Å²) in [5, 5.41) is 2.97. The van der Waals surface area contributed by atoms with E-state index in [1.54, 1.807) is 37.3 Å². The molecule has 172 valence electrons. The van der Waals surface area contributed by atoms with Crippen LogP contribution in [0.1, 0.15) is 34.5 Å². The van der Waals surface area contributed by atoms with Crippen molar-refractivity contribution in [1.29, 1.82) is 0 Å². The standard InChI is InChI=1S/C26H29N3O4/c1-18-16-23(25(27)30)24(32-18)20-8-5-9-22(17-20)33-26(31)28-21-11-14-29(15-12-21)13-10-19-6-3-2-4-7-19/h2-9,16-17,21H,10-15H2,1H3,(H2,27,30)(H,28,31). The molecular weight excluding hydrogens is 418 g/mol. The summed E-state index contributed by atoms with van der Waals surface area (Å²) in [5.74, 6) is 0.752. The second-order valence-corrected chi connectivity index (χ2v) is 8.38. The molecule has 2 amide bonds. The van der Waals surface area contributed by atoms with Crippen LogP contribution in [-0.2, 0) is 6.42 Å². The van der Waals surface area contributed by atoms with Gasteiger partial charge in [0.1, 0.15) is 17.3 Å². The van der Waals surface area contributed by atoms with Gasteiger partial charge in [0.2, 0.25) is 0 Å². The van der Waals surface area contributed by atoms with Crippen molar-refractivity contribution < 1.29 is 18.7 Å². The molecule has 1 aliphatic rings. The lowest BCUT2D eigenvalue weighted by atomic mass is 10.0. The van der Waals surface area contributed by atoms with E-state index in [9.17, 15) is 9.59 Å². The number of ether oxygens (including phenoxy) is 1. The van der Waals surface area contributed by atoms with Crippen molar-refractivity contribution in [1.82, 2.24) is 10.2 Å². The van der Waals surface area contributed by atoms with Gasteiger partial charge in [-0.25, -0.2) is 4.79 Å². The Kier molecular flexibility index (Phi) is 7.10. The number of hydrogen-bond donors (Lipinski definition) is 2. The predicted molar refractivity (Wildman–Crippen MR) is 126 cm³/mol. The van der Waals surface area contributed by atoms with Crippen LogP contribution in [0.2, 0.25) is 0 Å². The number of rotatable bonds is 7. The number of primary amides is 1. The second-order valence-electron chi connectivity index (χ2n) is 8.38. The fourth-order valence-corrected chi connectivity index (χ4v) is 4.15. The van der Waals surface area contributed by atoms with Crippen molar-refractivity contribution >= 4 is 12.0 Å². The monoisotopic (exact) mass is 447 g/mol. The molecule has 0 atom stereocenters. The number of nitrogens with zero attached hydrogens (tertiary/aromatic N) is 1. The molecule has 3 N–H and O–H groups in total. The maximum Gasteiger partial charge on any atom is 0.412 e. The van der Waals surface area contributed by atoms with E-state index in [-0.39, 0.29) is 6.04 Å². The number of likely N-dealkylation sites (tertiary alicyclic amines) is 1. The molecule has 0 aliphatic carbocycles. The van der Waals surface area contributed by atoms with Gasteiger partial charge in [-0.3, -0.25) is 4.79 Å². The van der Waals surface area contributed by atoms with E-state index < -0.39 is 12.0 Å². The molecule has 1 saturated heterocycles. The van der Waals surface area contributed by atoms with Crippen molar-refractivity contribution in [2.24, 2.45) is 5.73 Å². The fraction of sp³-hybridized carbons (Fsp3) is 0.308. The molecule has 2 heterocycles. The van der Waals surface area contributed by atoms with Crippen molar-refractivity contribution in [2.75, 3.05) is 19.6 Å². The van der Waals surface area contributed by atoms with Crippen LogP contribution in [0.4, 0.5) is 4.79 Å². The summed E-state index contributed by atoms with van der Waals surface area (Å²) in [6, 6.07) is 19.0. The minimum Gasteiger partial charge on any atom is -0.461 e. The Morgan fingerprint density at radius 1 is 1.09 bits per heavy atom. The Hall–Kier alpha value is -3.58. The van der Waals surface area contributed by atoms with E-state index >= 15 is 0 Å². The third-order valence-electron chi connectivity index (χ3n) is 5.90. The molecule has 0 saturated carbocycles. The average Bonchev–Trinajstić information content (AvgIpc) is 3.22. The minimum atomic E-state index is -0.568. The van der Waals surface area contributed by atoms with Crippen LogP contribution in [0.15, 0.2) is 65.1 Å². The smallest absolute Gasteiger partial charge is 0.412 e. The molecule has 3 aromatic rings. The Morgan fingerprint density at radius 2 is 1.85 bits per heavy atom. The molecule has 0 spiro atoms. The summed E-state index contributed by atoms with van der Waals surface area (Å²) >= 11 is 0. The van der Waals surface area contributed by atoms with E-state index in [0.29, 0.717) is 28.4 Å². The topological polar surface area (TPSA) is 97.8 Å². The lowest BCUT2D eigenvalue weighted by Gasteiger charge is -2.32. The van der Waals surface area contributed by atoms with Crippen LogP contribution in [0.5, 0.6) is 5.75 Å². The van der Waals surface area contributed by atoms with Crippen LogP contribution in [0.25, 0.3) is 11.3 Å². The highest BCUT2D eigenvalue weighted by Gasteiger charge is 2.22. The number of nitrogens with one attached hydrogen (secondary N) is 1. The van der Waals surface area contributed by atoms with E-state index in [1.807, 2.05) is 6.07 Å². The maximum absolute atomic E-state index is 12.5. The number of nitrogens with two attached hydrogens (primary N) is 1. The highest BCUT2D eigenvalue weighted by molar-refractivity contribution is 5.98. The highest BCUT2D eigenvalue weighted by atomic mass is 16.6. The Morgan fingerprint density at radius 3 is 2.58 bits per heavy atom. The minimum absolute atomic E-state index is 0.0860. The van der Waals surface area contributed by atoms with E-state index in [2.05, 4.69) is 34.5 Å². The zero-order valence-corrected chi connectivity index (χ0v) is 18.8. The van der Waals surface area contributed by atoms with E-state index in [0.717, 1.165) is 38.9 Å². The van der Waals surface area contributed by atoms with Gasteiger partial charge in [-0.1, -0.05) is 42.5 Å². The third kappa shape index (κ3) is 6.02. The van der Waals surface area contributed by atoms with Gasteiger partial charge in [0.25, 0.3) is 5.91 Å². The fourth-order valence-electron chi connectivity index (χ4n) is 4.15. The van der Waals surface area contributed by atoms with E-state index in [1.165, 1.54) is 5.56 Å². The lowest BCUT2D eigenvalue weighted by molar-refractivity contribution is 0.100. The number of piperidine rings is 1. The Labute approximate surface area is 193 Å². The molecule has 7 nitrogen and oxygen atoms in total. The van der Waals surface area contributed by atoms with Gasteiger partial charge in [0.15, 0.2) is 0 Å². The van der Waals surface area contributed by atoms with Crippen molar-refractivity contribution in [3.8, 4) is 17.1 Å². The summed E-state index contributed by atoms with van der Waals surface area (Å²) < 4.78 is 11.1. The molecule has 2 aromatic carbocycles. The first-order chi connectivity index (χ1) is 16.0. The largest absolute Gasteiger partial charge is 0.461 e. The van der Waals surface area contributed by atoms with Gasteiger partial charge in [-0.15, -0.1) is 0 Å². The summed E-state index contributed by atoms with van der Waals surface area (Å²) in [7, 11) is 0. The van der Waals surface area contributed by atoms with Gasteiger partial charge in [0, 0.05) is 31.2 Å². The lowest BCUT2D eigenvalue weighted by Crippen LogP contribution is -2.45. The number of carbonyl (C=O) groups excluding carboxylic acids is 2. The van der Waals surface area contributed by atoms with Crippen molar-refractivity contribution in [3.63, 3.8) is 0 Å². The Balaban J connectivity index is 1.28. The van der Waals surface area contributed by atoms with Crippen LogP contribution >= 0.6 is 0 Å². The summed E-state index contributed by atoms with van der Waals surface area (Å²) in [6.45, 7) is 4.66. The zero-order chi connectivity index (χ0) is 23.2. The molecule has 33 heavy (non-hydrogen) atoms.